The van der Waals surface area contributed by atoms with Crippen molar-refractivity contribution in [2.45, 2.75) is 251 Å². The second-order valence-corrected chi connectivity index (χ2v) is 18.5. The zero-order valence-electron chi connectivity index (χ0n) is 39.2. The molecule has 0 aliphatic carbocycles. The number of phosphoric acid groups is 1. The lowest BCUT2D eigenvalue weighted by molar-refractivity contribution is -0.123. The third-order valence-corrected chi connectivity index (χ3v) is 12.1. The molecule has 0 fully saturated rings. The molecular formula is C51H97N2O6P. The molecule has 0 rings (SSSR count). The summed E-state index contributed by atoms with van der Waals surface area (Å²) in [6.45, 7) is 4.12. The van der Waals surface area contributed by atoms with E-state index in [9.17, 15) is 19.4 Å². The number of carbonyl (C=O) groups excluding carboxylic acids is 1. The molecule has 60 heavy (non-hydrogen) atoms. The van der Waals surface area contributed by atoms with E-state index in [1.54, 1.807) is 6.08 Å². The van der Waals surface area contributed by atoms with Crippen LogP contribution in [0.15, 0.2) is 48.6 Å². The second-order valence-electron chi connectivity index (χ2n) is 17.0. The Morgan fingerprint density at radius 2 is 0.883 bits per heavy atom. The van der Waals surface area contributed by atoms with E-state index in [0.29, 0.717) is 6.42 Å². The van der Waals surface area contributed by atoms with Gasteiger partial charge in [-0.25, -0.2) is 4.57 Å². The van der Waals surface area contributed by atoms with Gasteiger partial charge in [-0.05, 0) is 70.6 Å². The average Bonchev–Trinajstić information content (AvgIpc) is 3.24. The molecule has 0 aromatic rings. The zero-order valence-corrected chi connectivity index (χ0v) is 40.1. The number of nitrogens with two attached hydrogens (primary N) is 1. The number of carbonyl (C=O) groups is 1. The minimum Gasteiger partial charge on any atom is -0.387 e. The molecule has 0 saturated carbocycles. The normalized spacial score (nSPS) is 14.3. The molecule has 0 aromatic carbocycles. The maximum absolute atomic E-state index is 12.8. The minimum absolute atomic E-state index is 0.0708. The summed E-state index contributed by atoms with van der Waals surface area (Å²) in [5.41, 5.74) is 5.39. The van der Waals surface area contributed by atoms with Crippen molar-refractivity contribution in [1.82, 2.24) is 5.32 Å². The van der Waals surface area contributed by atoms with Gasteiger partial charge in [0.25, 0.3) is 0 Å². The smallest absolute Gasteiger partial charge is 0.387 e. The molecule has 1 amide bonds. The maximum atomic E-state index is 12.8. The fourth-order valence-electron chi connectivity index (χ4n) is 7.28. The van der Waals surface area contributed by atoms with Crippen LogP contribution in [0.2, 0.25) is 0 Å². The monoisotopic (exact) mass is 865 g/mol. The number of hydrogen-bond acceptors (Lipinski definition) is 6. The van der Waals surface area contributed by atoms with Gasteiger partial charge in [-0.15, -0.1) is 0 Å². The number of phosphoric ester groups is 1. The van der Waals surface area contributed by atoms with Crippen molar-refractivity contribution in [3.05, 3.63) is 48.6 Å². The lowest BCUT2D eigenvalue weighted by Gasteiger charge is -2.23. The Kier molecular flexibility index (Phi) is 45.7. The maximum Gasteiger partial charge on any atom is 0.472 e. The molecule has 352 valence electrons. The van der Waals surface area contributed by atoms with E-state index in [1.807, 2.05) is 6.08 Å². The van der Waals surface area contributed by atoms with Crippen molar-refractivity contribution in [3.63, 3.8) is 0 Å². The molecule has 9 heteroatoms. The molecule has 8 nitrogen and oxygen atoms in total. The van der Waals surface area contributed by atoms with Gasteiger partial charge in [0.15, 0.2) is 0 Å². The first-order valence-corrected chi connectivity index (χ1v) is 26.8. The quantitative estimate of drug-likeness (QED) is 0.0272. The van der Waals surface area contributed by atoms with E-state index in [-0.39, 0.29) is 25.7 Å². The van der Waals surface area contributed by atoms with Gasteiger partial charge in [0.2, 0.25) is 5.91 Å². The van der Waals surface area contributed by atoms with Crippen molar-refractivity contribution >= 4 is 13.7 Å². The van der Waals surface area contributed by atoms with Gasteiger partial charge in [-0.3, -0.25) is 13.8 Å². The third kappa shape index (κ3) is 44.5. The highest BCUT2D eigenvalue weighted by Crippen LogP contribution is 2.43. The average molecular weight is 865 g/mol. The van der Waals surface area contributed by atoms with Crippen LogP contribution in [0.5, 0.6) is 0 Å². The van der Waals surface area contributed by atoms with Gasteiger partial charge in [0.05, 0.1) is 25.4 Å². The van der Waals surface area contributed by atoms with Crippen molar-refractivity contribution in [2.75, 3.05) is 19.8 Å². The fraction of sp³-hybridized carbons (Fsp3) is 0.824. The van der Waals surface area contributed by atoms with Gasteiger partial charge in [-0.2, -0.15) is 0 Å². The van der Waals surface area contributed by atoms with Crippen molar-refractivity contribution in [3.8, 4) is 0 Å². The predicted molar refractivity (Wildman–Crippen MR) is 258 cm³/mol. The van der Waals surface area contributed by atoms with Crippen LogP contribution in [0.1, 0.15) is 239 Å². The molecule has 5 N–H and O–H groups in total. The van der Waals surface area contributed by atoms with Crippen molar-refractivity contribution in [2.24, 2.45) is 5.73 Å². The van der Waals surface area contributed by atoms with E-state index in [2.05, 4.69) is 55.6 Å². The predicted octanol–water partition coefficient (Wildman–Crippen LogP) is 14.8. The summed E-state index contributed by atoms with van der Waals surface area (Å²) >= 11 is 0. The van der Waals surface area contributed by atoms with E-state index in [0.717, 1.165) is 44.9 Å². The van der Waals surface area contributed by atoms with Crippen molar-refractivity contribution in [1.29, 1.82) is 0 Å². The van der Waals surface area contributed by atoms with Crippen LogP contribution in [0, 0.1) is 0 Å². The van der Waals surface area contributed by atoms with Gasteiger partial charge < -0.3 is 21.1 Å². The van der Waals surface area contributed by atoms with Crippen LogP contribution >= 0.6 is 7.82 Å². The third-order valence-electron chi connectivity index (χ3n) is 11.1. The van der Waals surface area contributed by atoms with E-state index < -0.39 is 20.0 Å². The summed E-state index contributed by atoms with van der Waals surface area (Å²) in [7, 11) is -4.36. The lowest BCUT2D eigenvalue weighted by Crippen LogP contribution is -2.45. The molecule has 0 radical (unpaired) electrons. The van der Waals surface area contributed by atoms with Crippen molar-refractivity contribution < 1.29 is 28.4 Å². The van der Waals surface area contributed by atoms with Crippen LogP contribution in [-0.4, -0.2) is 47.8 Å². The number of aliphatic hydroxyl groups excluding tert-OH is 1. The summed E-state index contributed by atoms with van der Waals surface area (Å²) in [4.78, 5) is 22.8. The Balaban J connectivity index is 4.18. The molecule has 0 saturated heterocycles. The highest BCUT2D eigenvalue weighted by atomic mass is 31.2. The molecule has 3 atom stereocenters. The molecule has 0 aromatic heterocycles. The summed E-state index contributed by atoms with van der Waals surface area (Å²) < 4.78 is 22.2. The molecule has 3 unspecified atom stereocenters. The Morgan fingerprint density at radius 1 is 0.533 bits per heavy atom. The Bertz CT molecular complexity index is 1080. The van der Waals surface area contributed by atoms with E-state index >= 15 is 0 Å². The lowest BCUT2D eigenvalue weighted by atomic mass is 10.0. The fourth-order valence-corrected chi connectivity index (χ4v) is 8.04. The van der Waals surface area contributed by atoms with Gasteiger partial charge in [0, 0.05) is 13.0 Å². The number of aliphatic hydroxyl groups is 1. The van der Waals surface area contributed by atoms with Gasteiger partial charge in [-0.1, -0.05) is 210 Å². The summed E-state index contributed by atoms with van der Waals surface area (Å²) in [5, 5.41) is 13.7. The number of nitrogens with one attached hydrogen (secondary N) is 1. The number of rotatable bonds is 47. The second kappa shape index (κ2) is 47.0. The summed E-state index contributed by atoms with van der Waals surface area (Å²) in [6.07, 6.45) is 58.9. The number of hydrogen-bond donors (Lipinski definition) is 4. The molecule has 0 heterocycles. The largest absolute Gasteiger partial charge is 0.472 e. The highest BCUT2D eigenvalue weighted by molar-refractivity contribution is 7.47. The van der Waals surface area contributed by atoms with Crippen LogP contribution < -0.4 is 11.1 Å². The standard InChI is InChI=1S/C51H97N2O6P/c1-3-5-7-9-11-13-15-17-19-21-23-25-27-29-31-33-35-37-39-41-43-45-51(55)53-49(48-59-60(56,57)58-47-46-52)50(54)44-42-40-38-36-34-32-30-28-26-24-22-20-18-16-14-12-10-8-6-4-2/h21,23,26,28,34,36,42,44,49-50,54H,3-20,22,24-25,27,29-33,35,37-41,43,45-48,52H2,1-2H3,(H,53,55)(H,56,57)/b23-21-,28-26+,36-34+,44-42+. The number of amides is 1. The highest BCUT2D eigenvalue weighted by Gasteiger charge is 2.26. The molecule has 0 spiro atoms. The minimum atomic E-state index is -4.36. The first-order chi connectivity index (χ1) is 29.4. The SMILES string of the molecule is CCCCCCCCCC/C=C\CCCCCCCCCCCC(=O)NC(COP(=O)(O)OCCN)C(O)/C=C/CC/C=C/CC/C=C/CCCCCCCCCCCC. The first-order valence-electron chi connectivity index (χ1n) is 25.3. The Labute approximate surface area is 371 Å². The van der Waals surface area contributed by atoms with E-state index in [4.69, 9.17) is 14.8 Å². The van der Waals surface area contributed by atoms with Gasteiger partial charge >= 0.3 is 7.82 Å². The molecule has 0 aliphatic heterocycles. The van der Waals surface area contributed by atoms with Crippen LogP contribution in [0.4, 0.5) is 0 Å². The van der Waals surface area contributed by atoms with Crippen LogP contribution in [-0.2, 0) is 18.4 Å². The molecule has 0 bridgehead atoms. The topological polar surface area (TPSA) is 131 Å². The molecule has 0 aliphatic rings. The van der Waals surface area contributed by atoms with Crippen LogP contribution in [0.25, 0.3) is 0 Å². The summed E-state index contributed by atoms with van der Waals surface area (Å²) in [6, 6.07) is -0.885. The Morgan fingerprint density at radius 3 is 1.28 bits per heavy atom. The number of allylic oxidation sites excluding steroid dienone is 7. The van der Waals surface area contributed by atoms with Crippen LogP contribution in [0.3, 0.4) is 0 Å². The zero-order chi connectivity index (χ0) is 43.9. The molecular weight excluding hydrogens is 768 g/mol. The van der Waals surface area contributed by atoms with Gasteiger partial charge in [0.1, 0.15) is 0 Å². The first kappa shape index (κ1) is 58.5. The Hall–Kier alpha value is -1.54. The number of unbranched alkanes of at least 4 members (excludes halogenated alkanes) is 29. The summed E-state index contributed by atoms with van der Waals surface area (Å²) in [5.74, 6) is -0.209. The van der Waals surface area contributed by atoms with E-state index in [1.165, 1.54) is 173 Å².